The van der Waals surface area contributed by atoms with Gasteiger partial charge >= 0.3 is 0 Å². The number of nitrogens with zero attached hydrogens (tertiary/aromatic N) is 3. The van der Waals surface area contributed by atoms with Gasteiger partial charge in [-0.1, -0.05) is 0 Å². The van der Waals surface area contributed by atoms with Gasteiger partial charge in [0.25, 0.3) is 0 Å². The Morgan fingerprint density at radius 2 is 1.87 bits per heavy atom. The van der Waals surface area contributed by atoms with E-state index in [0.717, 1.165) is 31.7 Å². The van der Waals surface area contributed by atoms with Crippen molar-refractivity contribution in [3.05, 3.63) is 35.9 Å². The molecule has 0 radical (unpaired) electrons. The summed E-state index contributed by atoms with van der Waals surface area (Å²) in [5.41, 5.74) is 0.334. The van der Waals surface area contributed by atoms with Crippen molar-refractivity contribution >= 4 is 5.88 Å². The highest BCUT2D eigenvalue weighted by Crippen LogP contribution is 2.26. The minimum atomic E-state index is 0.189. The van der Waals surface area contributed by atoms with Crippen molar-refractivity contribution in [1.29, 1.82) is 5.26 Å². The van der Waals surface area contributed by atoms with E-state index in [-0.39, 0.29) is 6.61 Å². The van der Waals surface area contributed by atoms with Gasteiger partial charge in [-0.2, -0.15) is 10.2 Å². The normalized spacial score (nSPS) is 14.3. The van der Waals surface area contributed by atoms with Crippen LogP contribution in [0.5, 0.6) is 11.5 Å². The van der Waals surface area contributed by atoms with Gasteiger partial charge in [-0.05, 0) is 43.5 Å². The van der Waals surface area contributed by atoms with Crippen molar-refractivity contribution in [2.75, 3.05) is 25.1 Å². The van der Waals surface area contributed by atoms with Crippen LogP contribution in [0.1, 0.15) is 30.8 Å². The average molecular weight is 313 g/mol. The number of hydrogen-bond donors (Lipinski definition) is 0. The Labute approximate surface area is 135 Å². The van der Waals surface area contributed by atoms with Gasteiger partial charge in [0.15, 0.2) is 6.61 Å². The Hall–Kier alpha value is -2.68. The van der Waals surface area contributed by atoms with Crippen molar-refractivity contribution in [1.82, 2.24) is 4.98 Å². The predicted octanol–water partition coefficient (Wildman–Crippen LogP) is 3.12. The van der Waals surface area contributed by atoms with E-state index in [0.29, 0.717) is 23.2 Å². The van der Waals surface area contributed by atoms with Gasteiger partial charge in [-0.25, -0.2) is 0 Å². The van der Waals surface area contributed by atoms with E-state index in [9.17, 15) is 5.26 Å². The first-order chi connectivity index (χ1) is 11.3. The molecule has 0 bridgehead atoms. The first-order valence-electron chi connectivity index (χ1n) is 7.72. The van der Waals surface area contributed by atoms with Gasteiger partial charge in [0.05, 0.1) is 7.11 Å². The molecule has 1 aromatic heterocycles. The minimum absolute atomic E-state index is 0.189. The summed E-state index contributed by atoms with van der Waals surface area (Å²) < 4.78 is 16.5. The second kappa shape index (κ2) is 7.05. The number of piperidine rings is 1. The Bertz CT molecular complexity index is 682. The summed E-state index contributed by atoms with van der Waals surface area (Å²) in [6, 6.07) is 9.39. The second-order valence-corrected chi connectivity index (χ2v) is 5.39. The van der Waals surface area contributed by atoms with Gasteiger partial charge < -0.3 is 18.8 Å². The predicted molar refractivity (Wildman–Crippen MR) is 84.6 cm³/mol. The largest absolute Gasteiger partial charge is 0.497 e. The SMILES string of the molecule is COc1ccc(OCc2nc(C#N)c(N3CCCCC3)o2)cc1. The van der Waals surface area contributed by atoms with Gasteiger partial charge in [-0.3, -0.25) is 0 Å². The van der Waals surface area contributed by atoms with Crippen molar-refractivity contribution in [3.8, 4) is 17.6 Å². The van der Waals surface area contributed by atoms with Crippen LogP contribution in [0, 0.1) is 11.3 Å². The van der Waals surface area contributed by atoms with Gasteiger partial charge in [0.1, 0.15) is 17.6 Å². The molecule has 120 valence electrons. The Morgan fingerprint density at radius 1 is 1.17 bits per heavy atom. The smallest absolute Gasteiger partial charge is 0.236 e. The highest BCUT2D eigenvalue weighted by Gasteiger charge is 2.21. The van der Waals surface area contributed by atoms with E-state index >= 15 is 0 Å². The highest BCUT2D eigenvalue weighted by atomic mass is 16.5. The molecule has 0 atom stereocenters. The van der Waals surface area contributed by atoms with Crippen LogP contribution in [0.15, 0.2) is 28.7 Å². The summed E-state index contributed by atoms with van der Waals surface area (Å²) in [5, 5.41) is 9.25. The van der Waals surface area contributed by atoms with Crippen LogP contribution >= 0.6 is 0 Å². The molecule has 1 saturated heterocycles. The summed E-state index contributed by atoms with van der Waals surface area (Å²) in [7, 11) is 1.62. The van der Waals surface area contributed by atoms with Crippen molar-refractivity contribution in [2.45, 2.75) is 25.9 Å². The number of anilines is 1. The molecule has 0 spiro atoms. The highest BCUT2D eigenvalue weighted by molar-refractivity contribution is 5.48. The Morgan fingerprint density at radius 3 is 2.52 bits per heavy atom. The molecule has 0 amide bonds. The van der Waals surface area contributed by atoms with E-state index in [1.54, 1.807) is 7.11 Å². The molecule has 0 N–H and O–H groups in total. The molecule has 0 saturated carbocycles. The number of oxazole rings is 1. The molecule has 6 heteroatoms. The Balaban J connectivity index is 1.68. The standard InChI is InChI=1S/C17H19N3O3/c1-21-13-5-7-14(8-6-13)22-12-16-19-15(11-18)17(23-16)20-9-3-2-4-10-20/h5-8H,2-4,9-10,12H2,1H3. The van der Waals surface area contributed by atoms with E-state index in [4.69, 9.17) is 13.9 Å². The maximum Gasteiger partial charge on any atom is 0.236 e. The minimum Gasteiger partial charge on any atom is -0.497 e. The van der Waals surface area contributed by atoms with Gasteiger partial charge in [0, 0.05) is 13.1 Å². The quantitative estimate of drug-likeness (QED) is 0.844. The third-order valence-corrected chi connectivity index (χ3v) is 3.82. The Kier molecular flexibility index (Phi) is 4.67. The maximum atomic E-state index is 9.25. The van der Waals surface area contributed by atoms with Crippen LogP contribution in [0.2, 0.25) is 0 Å². The number of hydrogen-bond acceptors (Lipinski definition) is 6. The first kappa shape index (κ1) is 15.2. The summed E-state index contributed by atoms with van der Waals surface area (Å²) >= 11 is 0. The molecule has 2 heterocycles. The number of benzene rings is 1. The number of rotatable bonds is 5. The van der Waals surface area contributed by atoms with Crippen LogP contribution in [0.3, 0.4) is 0 Å². The van der Waals surface area contributed by atoms with E-state index in [2.05, 4.69) is 16.0 Å². The molecule has 23 heavy (non-hydrogen) atoms. The summed E-state index contributed by atoms with van der Waals surface area (Å²) in [5.74, 6) is 2.45. The zero-order valence-corrected chi connectivity index (χ0v) is 13.1. The summed E-state index contributed by atoms with van der Waals surface area (Å²) in [6.45, 7) is 2.00. The van der Waals surface area contributed by atoms with Crippen molar-refractivity contribution in [2.24, 2.45) is 0 Å². The van der Waals surface area contributed by atoms with Crippen molar-refractivity contribution in [3.63, 3.8) is 0 Å². The molecule has 0 unspecified atom stereocenters. The van der Waals surface area contributed by atoms with Crippen LogP contribution in [0.25, 0.3) is 0 Å². The molecular weight excluding hydrogens is 294 g/mol. The lowest BCUT2D eigenvalue weighted by Crippen LogP contribution is -2.29. The molecule has 1 fully saturated rings. The zero-order valence-electron chi connectivity index (χ0n) is 13.1. The molecule has 3 rings (SSSR count). The molecule has 1 aliphatic rings. The molecule has 2 aromatic rings. The molecular formula is C17H19N3O3. The number of aromatic nitrogens is 1. The van der Waals surface area contributed by atoms with Crippen LogP contribution < -0.4 is 14.4 Å². The lowest BCUT2D eigenvalue weighted by molar-refractivity contribution is 0.262. The fourth-order valence-electron chi connectivity index (χ4n) is 2.62. The molecule has 1 aliphatic heterocycles. The first-order valence-corrected chi connectivity index (χ1v) is 7.72. The van der Waals surface area contributed by atoms with E-state index < -0.39 is 0 Å². The summed E-state index contributed by atoms with van der Waals surface area (Å²) in [6.07, 6.45) is 3.45. The van der Waals surface area contributed by atoms with Crippen molar-refractivity contribution < 1.29 is 13.9 Å². The lowest BCUT2D eigenvalue weighted by Gasteiger charge is -2.25. The van der Waals surface area contributed by atoms with Gasteiger partial charge in [0.2, 0.25) is 17.5 Å². The fraction of sp³-hybridized carbons (Fsp3) is 0.412. The maximum absolute atomic E-state index is 9.25. The topological polar surface area (TPSA) is 71.5 Å². The molecule has 0 aliphatic carbocycles. The molecule has 6 nitrogen and oxygen atoms in total. The number of nitriles is 1. The van der Waals surface area contributed by atoms with Crippen LogP contribution in [-0.2, 0) is 6.61 Å². The van der Waals surface area contributed by atoms with E-state index in [1.807, 2.05) is 24.3 Å². The van der Waals surface area contributed by atoms with Crippen LogP contribution in [-0.4, -0.2) is 25.2 Å². The second-order valence-electron chi connectivity index (χ2n) is 5.39. The van der Waals surface area contributed by atoms with E-state index in [1.165, 1.54) is 6.42 Å². The van der Waals surface area contributed by atoms with Crippen LogP contribution in [0.4, 0.5) is 5.88 Å². The average Bonchev–Trinajstić information content (AvgIpc) is 3.04. The third-order valence-electron chi connectivity index (χ3n) is 3.82. The lowest BCUT2D eigenvalue weighted by atomic mass is 10.1. The third kappa shape index (κ3) is 3.57. The fourth-order valence-corrected chi connectivity index (χ4v) is 2.62. The molecule has 1 aromatic carbocycles. The van der Waals surface area contributed by atoms with Gasteiger partial charge in [-0.15, -0.1) is 0 Å². The zero-order chi connectivity index (χ0) is 16.1. The monoisotopic (exact) mass is 313 g/mol. The number of methoxy groups -OCH3 is 1. The number of ether oxygens (including phenoxy) is 2. The summed E-state index contributed by atoms with van der Waals surface area (Å²) in [4.78, 5) is 6.32.